The average Bonchev–Trinajstić information content (AvgIpc) is 3.26. The Morgan fingerprint density at radius 1 is 1.07 bits per heavy atom. The molecule has 0 atom stereocenters. The van der Waals surface area contributed by atoms with Gasteiger partial charge in [0.05, 0.1) is 17.7 Å². The maximum absolute atomic E-state index is 12.4. The van der Waals surface area contributed by atoms with E-state index in [1.807, 2.05) is 31.2 Å². The van der Waals surface area contributed by atoms with E-state index >= 15 is 0 Å². The van der Waals surface area contributed by atoms with Crippen molar-refractivity contribution in [2.24, 2.45) is 0 Å². The zero-order valence-corrected chi connectivity index (χ0v) is 17.7. The number of furan rings is 1. The van der Waals surface area contributed by atoms with Crippen LogP contribution in [-0.4, -0.2) is 26.3 Å². The molecule has 156 valence electrons. The van der Waals surface area contributed by atoms with Crippen LogP contribution in [0.25, 0.3) is 6.08 Å². The first-order chi connectivity index (χ1) is 14.3. The molecule has 30 heavy (non-hydrogen) atoms. The smallest absolute Gasteiger partial charge is 0.246 e. The van der Waals surface area contributed by atoms with Gasteiger partial charge >= 0.3 is 0 Å². The van der Waals surface area contributed by atoms with Gasteiger partial charge in [0.25, 0.3) is 0 Å². The topological polar surface area (TPSA) is 79.6 Å². The van der Waals surface area contributed by atoms with Crippen molar-refractivity contribution in [2.45, 2.75) is 24.9 Å². The Kier molecular flexibility index (Phi) is 6.87. The van der Waals surface area contributed by atoms with E-state index in [4.69, 9.17) is 4.42 Å². The van der Waals surface area contributed by atoms with E-state index < -0.39 is 10.0 Å². The van der Waals surface area contributed by atoms with Crippen molar-refractivity contribution in [1.82, 2.24) is 9.62 Å². The number of nitrogens with zero attached hydrogens (tertiary/aromatic N) is 1. The molecule has 3 aromatic rings. The molecule has 0 aliphatic heterocycles. The lowest BCUT2D eigenvalue weighted by Crippen LogP contribution is -2.24. The largest absolute Gasteiger partial charge is 0.468 e. The van der Waals surface area contributed by atoms with Gasteiger partial charge < -0.3 is 9.32 Å². The maximum atomic E-state index is 12.4. The van der Waals surface area contributed by atoms with Crippen LogP contribution in [0.1, 0.15) is 22.5 Å². The Balaban J connectivity index is 1.59. The number of benzene rings is 2. The molecule has 0 unspecified atom stereocenters. The SMILES string of the molecule is Cc1ccccc1CN(C)C(=O)/C=C/c1ccc(S(=O)(=O)NCc2ccco2)cc1. The normalized spacial score (nSPS) is 11.7. The van der Waals surface area contributed by atoms with Crippen molar-refractivity contribution in [3.05, 3.63) is 95.5 Å². The summed E-state index contributed by atoms with van der Waals surface area (Å²) >= 11 is 0. The Hall–Kier alpha value is -3.16. The molecule has 0 fully saturated rings. The number of rotatable bonds is 8. The summed E-state index contributed by atoms with van der Waals surface area (Å²) in [7, 11) is -1.90. The summed E-state index contributed by atoms with van der Waals surface area (Å²) in [6.45, 7) is 2.62. The van der Waals surface area contributed by atoms with Crippen LogP contribution in [0.4, 0.5) is 0 Å². The third kappa shape index (κ3) is 5.68. The third-order valence-corrected chi connectivity index (χ3v) is 6.09. The molecule has 7 heteroatoms. The number of sulfonamides is 1. The fourth-order valence-electron chi connectivity index (χ4n) is 2.84. The molecule has 1 aromatic heterocycles. The molecule has 0 aliphatic carbocycles. The average molecular weight is 425 g/mol. The van der Waals surface area contributed by atoms with Gasteiger partial charge in [-0.2, -0.15) is 0 Å². The van der Waals surface area contributed by atoms with Gasteiger partial charge in [-0.15, -0.1) is 0 Å². The summed E-state index contributed by atoms with van der Waals surface area (Å²) in [6.07, 6.45) is 4.64. The molecule has 1 N–H and O–H groups in total. The zero-order valence-electron chi connectivity index (χ0n) is 16.9. The molecule has 1 amide bonds. The minimum Gasteiger partial charge on any atom is -0.468 e. The quantitative estimate of drug-likeness (QED) is 0.559. The summed E-state index contributed by atoms with van der Waals surface area (Å²) in [5.41, 5.74) is 2.97. The van der Waals surface area contributed by atoms with E-state index in [2.05, 4.69) is 4.72 Å². The molecule has 0 radical (unpaired) electrons. The highest BCUT2D eigenvalue weighted by Crippen LogP contribution is 2.14. The van der Waals surface area contributed by atoms with Crippen LogP contribution < -0.4 is 4.72 Å². The lowest BCUT2D eigenvalue weighted by Gasteiger charge is -2.16. The van der Waals surface area contributed by atoms with Crippen molar-refractivity contribution in [3.63, 3.8) is 0 Å². The van der Waals surface area contributed by atoms with E-state index in [1.54, 1.807) is 42.3 Å². The lowest BCUT2D eigenvalue weighted by atomic mass is 10.1. The minimum atomic E-state index is -3.65. The van der Waals surface area contributed by atoms with Gasteiger partial charge in [-0.25, -0.2) is 13.1 Å². The predicted octanol–water partition coefficient (Wildman–Crippen LogP) is 3.74. The highest BCUT2D eigenvalue weighted by Gasteiger charge is 2.14. The van der Waals surface area contributed by atoms with E-state index in [1.165, 1.54) is 24.5 Å². The van der Waals surface area contributed by atoms with Crippen molar-refractivity contribution < 1.29 is 17.6 Å². The van der Waals surface area contributed by atoms with E-state index in [0.29, 0.717) is 12.3 Å². The van der Waals surface area contributed by atoms with Gasteiger partial charge in [-0.05, 0) is 54.0 Å². The summed E-state index contributed by atoms with van der Waals surface area (Å²) in [5.74, 6) is 0.404. The highest BCUT2D eigenvalue weighted by atomic mass is 32.2. The standard InChI is InChI=1S/C23H24N2O4S/c1-18-6-3-4-7-20(18)17-25(2)23(26)14-11-19-9-12-22(13-10-19)30(27,28)24-16-21-8-5-15-29-21/h3-15,24H,16-17H2,1-2H3/b14-11+. The van der Waals surface area contributed by atoms with Crippen LogP contribution in [-0.2, 0) is 27.9 Å². The van der Waals surface area contributed by atoms with Gasteiger partial charge in [-0.1, -0.05) is 36.4 Å². The number of hydrogen-bond donors (Lipinski definition) is 1. The zero-order chi connectivity index (χ0) is 21.6. The molecule has 0 saturated carbocycles. The maximum Gasteiger partial charge on any atom is 0.246 e. The van der Waals surface area contributed by atoms with Crippen LogP contribution >= 0.6 is 0 Å². The molecule has 0 aliphatic rings. The monoisotopic (exact) mass is 424 g/mol. The number of amides is 1. The van der Waals surface area contributed by atoms with Crippen LogP contribution in [0.2, 0.25) is 0 Å². The van der Waals surface area contributed by atoms with Gasteiger partial charge in [-0.3, -0.25) is 4.79 Å². The summed E-state index contributed by atoms with van der Waals surface area (Å²) < 4.78 is 32.3. The van der Waals surface area contributed by atoms with Gasteiger partial charge in [0.1, 0.15) is 5.76 Å². The molecule has 0 spiro atoms. The fourth-order valence-corrected chi connectivity index (χ4v) is 3.83. The number of hydrogen-bond acceptors (Lipinski definition) is 4. The van der Waals surface area contributed by atoms with E-state index in [-0.39, 0.29) is 17.3 Å². The second-order valence-corrected chi connectivity index (χ2v) is 8.69. The summed E-state index contributed by atoms with van der Waals surface area (Å²) in [6, 6.07) is 17.7. The summed E-state index contributed by atoms with van der Waals surface area (Å²) in [4.78, 5) is 14.2. The van der Waals surface area contributed by atoms with Crippen LogP contribution in [0, 0.1) is 6.92 Å². The van der Waals surface area contributed by atoms with Crippen molar-refractivity contribution in [2.75, 3.05) is 7.05 Å². The lowest BCUT2D eigenvalue weighted by molar-refractivity contribution is -0.125. The number of carbonyl (C=O) groups is 1. The second kappa shape index (κ2) is 9.56. The molecular weight excluding hydrogens is 400 g/mol. The van der Waals surface area contributed by atoms with E-state index in [0.717, 1.165) is 16.7 Å². The minimum absolute atomic E-state index is 0.0821. The fraction of sp³-hybridized carbons (Fsp3) is 0.174. The number of carbonyl (C=O) groups excluding carboxylic acids is 1. The third-order valence-electron chi connectivity index (χ3n) is 4.67. The summed E-state index contributed by atoms with van der Waals surface area (Å²) in [5, 5.41) is 0. The molecule has 0 saturated heterocycles. The predicted molar refractivity (Wildman–Crippen MR) is 116 cm³/mol. The molecule has 3 rings (SSSR count). The molecule has 1 heterocycles. The molecule has 0 bridgehead atoms. The van der Waals surface area contributed by atoms with Crippen molar-refractivity contribution >= 4 is 22.0 Å². The van der Waals surface area contributed by atoms with Gasteiger partial charge in [0.2, 0.25) is 15.9 Å². The first-order valence-electron chi connectivity index (χ1n) is 9.45. The van der Waals surface area contributed by atoms with Crippen LogP contribution in [0.5, 0.6) is 0 Å². The Morgan fingerprint density at radius 3 is 2.47 bits per heavy atom. The Bertz CT molecular complexity index is 1120. The first-order valence-corrected chi connectivity index (χ1v) is 10.9. The van der Waals surface area contributed by atoms with Crippen molar-refractivity contribution in [3.8, 4) is 0 Å². The molecular formula is C23H24N2O4S. The first kappa shape index (κ1) is 21.5. The van der Waals surface area contributed by atoms with Crippen LogP contribution in [0.15, 0.2) is 82.3 Å². The number of likely N-dealkylation sites (N-methyl/N-ethyl adjacent to an activating group) is 1. The van der Waals surface area contributed by atoms with Crippen LogP contribution in [0.3, 0.4) is 0 Å². The molecule has 2 aromatic carbocycles. The van der Waals surface area contributed by atoms with Crippen molar-refractivity contribution in [1.29, 1.82) is 0 Å². The second-order valence-electron chi connectivity index (χ2n) is 6.93. The van der Waals surface area contributed by atoms with Gasteiger partial charge in [0, 0.05) is 19.7 Å². The number of aryl methyl sites for hydroxylation is 1. The Labute approximate surface area is 176 Å². The van der Waals surface area contributed by atoms with E-state index in [9.17, 15) is 13.2 Å². The number of nitrogens with one attached hydrogen (secondary N) is 1. The Morgan fingerprint density at radius 2 is 1.80 bits per heavy atom. The van der Waals surface area contributed by atoms with Gasteiger partial charge in [0.15, 0.2) is 0 Å². The highest BCUT2D eigenvalue weighted by molar-refractivity contribution is 7.89. The molecule has 6 nitrogen and oxygen atoms in total.